The Balaban J connectivity index is 1.97. The zero-order chi connectivity index (χ0) is 13.7. The molecule has 0 spiro atoms. The number of rotatable bonds is 6. The summed E-state index contributed by atoms with van der Waals surface area (Å²) in [6.45, 7) is 3.82. The summed E-state index contributed by atoms with van der Waals surface area (Å²) in [6.07, 6.45) is 5.03. The molecule has 0 aliphatic rings. The highest BCUT2D eigenvalue weighted by atomic mass is 35.5. The summed E-state index contributed by atoms with van der Waals surface area (Å²) in [4.78, 5) is 0. The molecule has 1 aromatic heterocycles. The van der Waals surface area contributed by atoms with Crippen LogP contribution in [0.1, 0.15) is 18.9 Å². The van der Waals surface area contributed by atoms with Crippen LogP contribution in [-0.2, 0) is 13.1 Å². The van der Waals surface area contributed by atoms with E-state index in [2.05, 4.69) is 23.5 Å². The van der Waals surface area contributed by atoms with E-state index in [-0.39, 0.29) is 0 Å². The van der Waals surface area contributed by atoms with Crippen LogP contribution in [0.15, 0.2) is 30.6 Å². The zero-order valence-electron chi connectivity index (χ0n) is 11.2. The minimum Gasteiger partial charge on any atom is -0.495 e. The molecule has 0 fully saturated rings. The minimum absolute atomic E-state index is 0.615. The molecule has 0 saturated carbocycles. The summed E-state index contributed by atoms with van der Waals surface area (Å²) in [5.74, 6) is 0.674. The predicted molar refractivity (Wildman–Crippen MR) is 77.8 cm³/mol. The number of hydrogen-bond acceptors (Lipinski definition) is 3. The van der Waals surface area contributed by atoms with E-state index >= 15 is 0 Å². The van der Waals surface area contributed by atoms with Gasteiger partial charge in [0.15, 0.2) is 0 Å². The molecule has 0 amide bonds. The number of ether oxygens (including phenoxy) is 1. The lowest BCUT2D eigenvalue weighted by Crippen LogP contribution is -1.99. The smallest absolute Gasteiger partial charge is 0.139 e. The van der Waals surface area contributed by atoms with Gasteiger partial charge in [0.2, 0.25) is 0 Å². The van der Waals surface area contributed by atoms with Gasteiger partial charge in [-0.2, -0.15) is 5.10 Å². The van der Waals surface area contributed by atoms with Crippen molar-refractivity contribution < 1.29 is 4.74 Å². The normalized spacial score (nSPS) is 10.5. The molecule has 19 heavy (non-hydrogen) atoms. The fourth-order valence-corrected chi connectivity index (χ4v) is 2.02. The van der Waals surface area contributed by atoms with Crippen molar-refractivity contribution in [3.63, 3.8) is 0 Å². The van der Waals surface area contributed by atoms with Crippen molar-refractivity contribution in [2.24, 2.45) is 0 Å². The first-order valence-electron chi connectivity index (χ1n) is 6.31. The average Bonchev–Trinajstić information content (AvgIpc) is 2.86. The predicted octanol–water partition coefficient (Wildman–Crippen LogP) is 3.57. The number of halogens is 1. The lowest BCUT2D eigenvalue weighted by Gasteiger charge is -2.08. The van der Waals surface area contributed by atoms with Gasteiger partial charge >= 0.3 is 0 Å². The number of aromatic nitrogens is 2. The van der Waals surface area contributed by atoms with Crippen molar-refractivity contribution >= 4 is 17.3 Å². The van der Waals surface area contributed by atoms with Gasteiger partial charge < -0.3 is 10.1 Å². The van der Waals surface area contributed by atoms with Crippen molar-refractivity contribution in [2.45, 2.75) is 26.4 Å². The first-order valence-corrected chi connectivity index (χ1v) is 6.69. The summed E-state index contributed by atoms with van der Waals surface area (Å²) in [6, 6.07) is 5.64. The van der Waals surface area contributed by atoms with Crippen LogP contribution in [-0.4, -0.2) is 16.9 Å². The van der Waals surface area contributed by atoms with E-state index in [4.69, 9.17) is 16.3 Å². The van der Waals surface area contributed by atoms with Crippen LogP contribution in [0.25, 0.3) is 0 Å². The van der Waals surface area contributed by atoms with Crippen LogP contribution in [0, 0.1) is 0 Å². The second-order valence-corrected chi connectivity index (χ2v) is 4.72. The van der Waals surface area contributed by atoms with Gasteiger partial charge in [-0.3, -0.25) is 4.68 Å². The number of nitrogens with zero attached hydrogens (tertiary/aromatic N) is 2. The molecule has 0 unspecified atom stereocenters. The molecular formula is C14H18ClN3O. The number of nitrogens with one attached hydrogen (secondary N) is 1. The van der Waals surface area contributed by atoms with E-state index in [0.29, 0.717) is 10.8 Å². The van der Waals surface area contributed by atoms with E-state index in [1.807, 2.05) is 29.1 Å². The molecule has 2 rings (SSSR count). The van der Waals surface area contributed by atoms with E-state index in [9.17, 15) is 0 Å². The van der Waals surface area contributed by atoms with Gasteiger partial charge in [0.25, 0.3) is 0 Å². The Kier molecular flexibility index (Phi) is 4.68. The van der Waals surface area contributed by atoms with E-state index < -0.39 is 0 Å². The van der Waals surface area contributed by atoms with Crippen molar-refractivity contribution in [3.05, 3.63) is 41.2 Å². The van der Waals surface area contributed by atoms with Crippen LogP contribution in [0.4, 0.5) is 5.69 Å². The Labute approximate surface area is 118 Å². The highest BCUT2D eigenvalue weighted by Gasteiger charge is 2.03. The van der Waals surface area contributed by atoms with Crippen molar-refractivity contribution in [1.29, 1.82) is 0 Å². The summed E-state index contributed by atoms with van der Waals surface area (Å²) in [7, 11) is 1.61. The average molecular weight is 280 g/mol. The maximum Gasteiger partial charge on any atom is 0.139 e. The standard InChI is InChI=1S/C14H18ClN3O/c1-3-6-18-10-11(9-17-18)8-16-12-4-5-13(15)14(7-12)19-2/h4-5,7,9-10,16H,3,6,8H2,1-2H3. The molecule has 0 bridgehead atoms. The molecule has 5 heteroatoms. The van der Waals surface area contributed by atoms with Crippen molar-refractivity contribution in [1.82, 2.24) is 9.78 Å². The molecule has 1 aromatic carbocycles. The molecule has 1 heterocycles. The number of anilines is 1. The molecular weight excluding hydrogens is 262 g/mol. The zero-order valence-corrected chi connectivity index (χ0v) is 11.9. The molecule has 2 aromatic rings. The quantitative estimate of drug-likeness (QED) is 0.879. The largest absolute Gasteiger partial charge is 0.495 e. The minimum atomic E-state index is 0.615. The van der Waals surface area contributed by atoms with Gasteiger partial charge in [0.1, 0.15) is 5.75 Å². The third-order valence-electron chi connectivity index (χ3n) is 2.79. The van der Waals surface area contributed by atoms with Crippen LogP contribution < -0.4 is 10.1 Å². The van der Waals surface area contributed by atoms with Gasteiger partial charge in [-0.15, -0.1) is 0 Å². The fourth-order valence-electron chi connectivity index (χ4n) is 1.82. The molecule has 4 nitrogen and oxygen atoms in total. The molecule has 0 radical (unpaired) electrons. The summed E-state index contributed by atoms with van der Waals surface area (Å²) >= 11 is 5.99. The van der Waals surface area contributed by atoms with Gasteiger partial charge in [-0.25, -0.2) is 0 Å². The third kappa shape index (κ3) is 3.64. The monoisotopic (exact) mass is 279 g/mol. The van der Waals surface area contributed by atoms with Gasteiger partial charge in [-0.05, 0) is 18.6 Å². The van der Waals surface area contributed by atoms with Crippen LogP contribution in [0.3, 0.4) is 0 Å². The van der Waals surface area contributed by atoms with E-state index in [1.165, 1.54) is 0 Å². The number of aryl methyl sites for hydroxylation is 1. The highest BCUT2D eigenvalue weighted by Crippen LogP contribution is 2.27. The molecule has 1 N–H and O–H groups in total. The lowest BCUT2D eigenvalue weighted by molar-refractivity contribution is 0.415. The van der Waals surface area contributed by atoms with Gasteiger partial charge in [0.05, 0.1) is 18.3 Å². The highest BCUT2D eigenvalue weighted by molar-refractivity contribution is 6.32. The second kappa shape index (κ2) is 6.48. The lowest BCUT2D eigenvalue weighted by atomic mass is 10.3. The van der Waals surface area contributed by atoms with Crippen LogP contribution in [0.2, 0.25) is 5.02 Å². The number of benzene rings is 1. The van der Waals surface area contributed by atoms with Gasteiger partial charge in [0, 0.05) is 36.6 Å². The Morgan fingerprint density at radius 2 is 2.26 bits per heavy atom. The Hall–Kier alpha value is -1.68. The number of methoxy groups -OCH3 is 1. The maximum absolute atomic E-state index is 5.99. The molecule has 102 valence electrons. The third-order valence-corrected chi connectivity index (χ3v) is 3.10. The van der Waals surface area contributed by atoms with Crippen LogP contribution >= 0.6 is 11.6 Å². The Morgan fingerprint density at radius 1 is 1.42 bits per heavy atom. The molecule has 0 aliphatic heterocycles. The van der Waals surface area contributed by atoms with Gasteiger partial charge in [-0.1, -0.05) is 18.5 Å². The van der Waals surface area contributed by atoms with Crippen molar-refractivity contribution in [2.75, 3.05) is 12.4 Å². The topological polar surface area (TPSA) is 39.1 Å². The fraction of sp³-hybridized carbons (Fsp3) is 0.357. The summed E-state index contributed by atoms with van der Waals surface area (Å²) in [5.41, 5.74) is 2.13. The SMILES string of the molecule is CCCn1cc(CNc2ccc(Cl)c(OC)c2)cn1. The second-order valence-electron chi connectivity index (χ2n) is 4.31. The van der Waals surface area contributed by atoms with E-state index in [1.54, 1.807) is 7.11 Å². The molecule has 0 atom stereocenters. The Morgan fingerprint density at radius 3 is 3.00 bits per heavy atom. The van der Waals surface area contributed by atoms with E-state index in [0.717, 1.165) is 30.8 Å². The van der Waals surface area contributed by atoms with Crippen molar-refractivity contribution in [3.8, 4) is 5.75 Å². The Bertz CT molecular complexity index is 539. The summed E-state index contributed by atoms with van der Waals surface area (Å²) in [5, 5.41) is 8.24. The number of hydrogen-bond donors (Lipinski definition) is 1. The van der Waals surface area contributed by atoms with Crippen LogP contribution in [0.5, 0.6) is 5.75 Å². The molecule has 0 aliphatic carbocycles. The molecule has 0 saturated heterocycles. The first kappa shape index (κ1) is 13.7. The first-order chi connectivity index (χ1) is 9.22. The maximum atomic E-state index is 5.99. The summed E-state index contributed by atoms with van der Waals surface area (Å²) < 4.78 is 7.14.